The molecule has 0 fully saturated rings. The summed E-state index contributed by atoms with van der Waals surface area (Å²) in [5.74, 6) is -0.632. The Balaban J connectivity index is 2.08. The fraction of sp³-hybridized carbons (Fsp3) is 0.143. The highest BCUT2D eigenvalue weighted by atomic mass is 19.1. The van der Waals surface area contributed by atoms with Crippen LogP contribution in [0.5, 0.6) is 0 Å². The van der Waals surface area contributed by atoms with Gasteiger partial charge in [-0.1, -0.05) is 24.3 Å². The fourth-order valence-corrected chi connectivity index (χ4v) is 1.65. The molecule has 0 heterocycles. The van der Waals surface area contributed by atoms with Crippen LogP contribution in [0.1, 0.15) is 17.2 Å². The van der Waals surface area contributed by atoms with Gasteiger partial charge in [0.2, 0.25) is 0 Å². The second kappa shape index (κ2) is 5.06. The molecule has 0 aliphatic heterocycles. The third-order valence-electron chi connectivity index (χ3n) is 2.60. The molecule has 0 radical (unpaired) electrons. The first-order chi connectivity index (χ1) is 8.15. The number of aliphatic hydroxyl groups is 1. The van der Waals surface area contributed by atoms with Crippen molar-refractivity contribution >= 4 is 0 Å². The minimum absolute atomic E-state index is 0.301. The number of benzene rings is 2. The number of halogens is 2. The van der Waals surface area contributed by atoms with E-state index in [0.29, 0.717) is 12.0 Å². The zero-order valence-electron chi connectivity index (χ0n) is 9.11. The second-order valence-electron chi connectivity index (χ2n) is 3.90. The van der Waals surface area contributed by atoms with E-state index in [9.17, 15) is 13.9 Å². The molecule has 0 aliphatic carbocycles. The van der Waals surface area contributed by atoms with Crippen molar-refractivity contribution in [3.8, 4) is 0 Å². The van der Waals surface area contributed by atoms with Crippen LogP contribution >= 0.6 is 0 Å². The molecule has 0 aromatic heterocycles. The number of rotatable bonds is 3. The van der Waals surface area contributed by atoms with Crippen molar-refractivity contribution in [1.82, 2.24) is 0 Å². The lowest BCUT2D eigenvalue weighted by molar-refractivity contribution is 0.178. The van der Waals surface area contributed by atoms with Gasteiger partial charge in [-0.05, 0) is 35.4 Å². The number of aliphatic hydroxyl groups excluding tert-OH is 1. The summed E-state index contributed by atoms with van der Waals surface area (Å²) >= 11 is 0. The van der Waals surface area contributed by atoms with Gasteiger partial charge in [-0.3, -0.25) is 0 Å². The molecule has 0 amide bonds. The Kier molecular flexibility index (Phi) is 3.49. The van der Waals surface area contributed by atoms with E-state index in [1.165, 1.54) is 24.3 Å². The van der Waals surface area contributed by atoms with Crippen molar-refractivity contribution in [2.45, 2.75) is 12.5 Å². The van der Waals surface area contributed by atoms with Gasteiger partial charge in [0.05, 0.1) is 6.10 Å². The van der Waals surface area contributed by atoms with Crippen LogP contribution in [0.15, 0.2) is 48.5 Å². The Morgan fingerprint density at radius 2 is 1.29 bits per heavy atom. The molecule has 0 saturated heterocycles. The molecular formula is C14H12F2O. The van der Waals surface area contributed by atoms with Gasteiger partial charge in [0.1, 0.15) is 11.6 Å². The summed E-state index contributed by atoms with van der Waals surface area (Å²) in [7, 11) is 0. The van der Waals surface area contributed by atoms with Gasteiger partial charge in [0.15, 0.2) is 0 Å². The standard InChI is InChI=1S/C14H12F2O/c15-12-5-1-10(2-6-12)9-14(17)11-3-7-13(16)8-4-11/h1-8,14,17H,9H2/t14-/m0/s1. The lowest BCUT2D eigenvalue weighted by Gasteiger charge is -2.10. The highest BCUT2D eigenvalue weighted by molar-refractivity contribution is 5.23. The lowest BCUT2D eigenvalue weighted by atomic mass is 10.0. The Labute approximate surface area is 98.3 Å². The molecule has 0 bridgehead atoms. The minimum atomic E-state index is -0.707. The first-order valence-electron chi connectivity index (χ1n) is 5.33. The summed E-state index contributed by atoms with van der Waals surface area (Å²) in [6, 6.07) is 11.7. The molecule has 2 rings (SSSR count). The van der Waals surface area contributed by atoms with Crippen LogP contribution in [0.4, 0.5) is 8.78 Å². The van der Waals surface area contributed by atoms with Crippen LogP contribution in [0.2, 0.25) is 0 Å². The topological polar surface area (TPSA) is 20.2 Å². The average molecular weight is 234 g/mol. The van der Waals surface area contributed by atoms with Crippen LogP contribution in [-0.4, -0.2) is 5.11 Å². The van der Waals surface area contributed by atoms with Crippen LogP contribution in [-0.2, 0) is 6.42 Å². The summed E-state index contributed by atoms with van der Waals surface area (Å²) in [4.78, 5) is 0. The monoisotopic (exact) mass is 234 g/mol. The largest absolute Gasteiger partial charge is 0.388 e. The molecule has 1 N–H and O–H groups in total. The van der Waals surface area contributed by atoms with Crippen LogP contribution in [0.25, 0.3) is 0 Å². The molecule has 0 unspecified atom stereocenters. The Morgan fingerprint density at radius 1 is 0.824 bits per heavy atom. The third-order valence-corrected chi connectivity index (χ3v) is 2.60. The van der Waals surface area contributed by atoms with Crippen molar-refractivity contribution in [2.75, 3.05) is 0 Å². The molecule has 0 aliphatic rings. The molecule has 3 heteroatoms. The zero-order valence-corrected chi connectivity index (χ0v) is 9.11. The van der Waals surface area contributed by atoms with E-state index in [1.54, 1.807) is 24.3 Å². The highest BCUT2D eigenvalue weighted by Gasteiger charge is 2.08. The van der Waals surface area contributed by atoms with Gasteiger partial charge in [0, 0.05) is 6.42 Å². The summed E-state index contributed by atoms with van der Waals surface area (Å²) in [6.45, 7) is 0. The van der Waals surface area contributed by atoms with E-state index in [2.05, 4.69) is 0 Å². The Bertz CT molecular complexity index is 477. The van der Waals surface area contributed by atoms with E-state index in [4.69, 9.17) is 0 Å². The van der Waals surface area contributed by atoms with Gasteiger partial charge >= 0.3 is 0 Å². The van der Waals surface area contributed by atoms with Crippen molar-refractivity contribution in [1.29, 1.82) is 0 Å². The average Bonchev–Trinajstić information content (AvgIpc) is 2.33. The van der Waals surface area contributed by atoms with Crippen molar-refractivity contribution in [2.24, 2.45) is 0 Å². The number of hydrogen-bond acceptors (Lipinski definition) is 1. The van der Waals surface area contributed by atoms with E-state index in [0.717, 1.165) is 5.56 Å². The second-order valence-corrected chi connectivity index (χ2v) is 3.90. The maximum atomic E-state index is 12.7. The van der Waals surface area contributed by atoms with Gasteiger partial charge in [-0.25, -0.2) is 8.78 Å². The molecule has 2 aromatic carbocycles. The predicted octanol–water partition coefficient (Wildman–Crippen LogP) is 3.24. The van der Waals surface area contributed by atoms with Crippen molar-refractivity contribution < 1.29 is 13.9 Å². The predicted molar refractivity (Wildman–Crippen MR) is 61.5 cm³/mol. The van der Waals surface area contributed by atoms with E-state index >= 15 is 0 Å². The molecule has 2 aromatic rings. The normalized spacial score (nSPS) is 12.4. The van der Waals surface area contributed by atoms with E-state index < -0.39 is 6.10 Å². The first kappa shape index (κ1) is 11.7. The first-order valence-corrected chi connectivity index (χ1v) is 5.33. The molecule has 0 spiro atoms. The van der Waals surface area contributed by atoms with Crippen LogP contribution in [0.3, 0.4) is 0 Å². The van der Waals surface area contributed by atoms with Gasteiger partial charge in [-0.15, -0.1) is 0 Å². The SMILES string of the molecule is O[C@@H](Cc1ccc(F)cc1)c1ccc(F)cc1. The third kappa shape index (κ3) is 3.11. The zero-order chi connectivity index (χ0) is 12.3. The maximum Gasteiger partial charge on any atom is 0.123 e. The van der Waals surface area contributed by atoms with Gasteiger partial charge in [0.25, 0.3) is 0 Å². The summed E-state index contributed by atoms with van der Waals surface area (Å²) < 4.78 is 25.4. The molecule has 88 valence electrons. The number of hydrogen-bond donors (Lipinski definition) is 1. The Morgan fingerprint density at radius 3 is 1.82 bits per heavy atom. The lowest BCUT2D eigenvalue weighted by Crippen LogP contribution is -2.01. The van der Waals surface area contributed by atoms with Gasteiger partial charge < -0.3 is 5.11 Å². The summed E-state index contributed by atoms with van der Waals surface area (Å²) in [6.07, 6.45) is -0.326. The van der Waals surface area contributed by atoms with Crippen LogP contribution < -0.4 is 0 Å². The Hall–Kier alpha value is -1.74. The molecule has 1 atom stereocenters. The smallest absolute Gasteiger partial charge is 0.123 e. The quantitative estimate of drug-likeness (QED) is 0.864. The summed E-state index contributed by atoms with van der Waals surface area (Å²) in [5.41, 5.74) is 1.49. The van der Waals surface area contributed by atoms with Crippen molar-refractivity contribution in [3.63, 3.8) is 0 Å². The molecule has 17 heavy (non-hydrogen) atoms. The van der Waals surface area contributed by atoms with Gasteiger partial charge in [-0.2, -0.15) is 0 Å². The fourth-order valence-electron chi connectivity index (χ4n) is 1.65. The van der Waals surface area contributed by atoms with E-state index in [1.807, 2.05) is 0 Å². The van der Waals surface area contributed by atoms with E-state index in [-0.39, 0.29) is 11.6 Å². The maximum absolute atomic E-state index is 12.7. The van der Waals surface area contributed by atoms with Crippen molar-refractivity contribution in [3.05, 3.63) is 71.3 Å². The minimum Gasteiger partial charge on any atom is -0.388 e. The highest BCUT2D eigenvalue weighted by Crippen LogP contribution is 2.18. The molecular weight excluding hydrogens is 222 g/mol. The molecule has 0 saturated carbocycles. The van der Waals surface area contributed by atoms with Crippen LogP contribution in [0, 0.1) is 11.6 Å². The summed E-state index contributed by atoms with van der Waals surface area (Å²) in [5, 5.41) is 9.92. The molecule has 1 nitrogen and oxygen atoms in total.